The fourth-order valence-corrected chi connectivity index (χ4v) is 2.11. The summed E-state index contributed by atoms with van der Waals surface area (Å²) in [5.41, 5.74) is 0. The van der Waals surface area contributed by atoms with Gasteiger partial charge in [-0.25, -0.2) is 0 Å². The molecule has 3 atom stereocenters. The van der Waals surface area contributed by atoms with E-state index in [-0.39, 0.29) is 17.9 Å². The molecule has 0 saturated carbocycles. The lowest BCUT2D eigenvalue weighted by Crippen LogP contribution is -2.36. The zero-order valence-electron chi connectivity index (χ0n) is 9.46. The van der Waals surface area contributed by atoms with E-state index in [1.807, 2.05) is 0 Å². The van der Waals surface area contributed by atoms with Crippen molar-refractivity contribution in [3.05, 3.63) is 0 Å². The van der Waals surface area contributed by atoms with Crippen LogP contribution >= 0.6 is 15.9 Å². The molecule has 0 aromatic heterocycles. The van der Waals surface area contributed by atoms with E-state index in [0.717, 1.165) is 32.4 Å². The molecule has 0 aromatic rings. The maximum Gasteiger partial charge on any atom is 0.225 e. The van der Waals surface area contributed by atoms with Crippen LogP contribution in [0.5, 0.6) is 0 Å². The molecule has 3 nitrogen and oxygen atoms in total. The van der Waals surface area contributed by atoms with Crippen LogP contribution in [0.3, 0.4) is 0 Å². The minimum Gasteiger partial charge on any atom is -0.377 e. The van der Waals surface area contributed by atoms with Gasteiger partial charge in [-0.05, 0) is 19.3 Å². The minimum absolute atomic E-state index is 0.0700. The van der Waals surface area contributed by atoms with Gasteiger partial charge >= 0.3 is 0 Å². The molecule has 88 valence electrons. The summed E-state index contributed by atoms with van der Waals surface area (Å²) in [7, 11) is 0. The fraction of sp³-hybridized carbons (Fsp3) is 0.909. The predicted octanol–water partition coefficient (Wildman–Crippen LogP) is 2.09. The average Bonchev–Trinajstić information content (AvgIpc) is 2.64. The Balaban J connectivity index is 2.27. The third-order valence-electron chi connectivity index (χ3n) is 2.79. The number of hydrogen-bond acceptors (Lipinski definition) is 2. The second kappa shape index (κ2) is 6.48. The molecule has 15 heavy (non-hydrogen) atoms. The van der Waals surface area contributed by atoms with Crippen molar-refractivity contribution in [2.45, 2.75) is 44.0 Å². The van der Waals surface area contributed by atoms with E-state index in [0.29, 0.717) is 4.83 Å². The molecule has 0 bridgehead atoms. The first-order valence-electron chi connectivity index (χ1n) is 5.68. The normalized spacial score (nSPS) is 27.7. The molecular weight excluding hydrogens is 258 g/mol. The molecule has 0 aliphatic carbocycles. The lowest BCUT2D eigenvalue weighted by atomic mass is 9.99. The minimum atomic E-state index is 0.0700. The highest BCUT2D eigenvalue weighted by Crippen LogP contribution is 2.23. The maximum absolute atomic E-state index is 11.8. The number of rotatable bonds is 5. The Hall–Kier alpha value is -0.0900. The van der Waals surface area contributed by atoms with Crippen molar-refractivity contribution >= 4 is 21.8 Å². The Bertz CT molecular complexity index is 209. The summed E-state index contributed by atoms with van der Waals surface area (Å²) in [4.78, 5) is 12.2. The molecule has 1 N–H and O–H groups in total. The van der Waals surface area contributed by atoms with Gasteiger partial charge in [-0.3, -0.25) is 4.79 Å². The van der Waals surface area contributed by atoms with Crippen LogP contribution in [0.15, 0.2) is 0 Å². The summed E-state index contributed by atoms with van der Waals surface area (Å²) >= 11 is 3.46. The number of carbonyl (C=O) groups is 1. The number of hydrogen-bond donors (Lipinski definition) is 1. The second-order valence-electron chi connectivity index (χ2n) is 4.07. The fourth-order valence-electron chi connectivity index (χ4n) is 1.88. The summed E-state index contributed by atoms with van der Waals surface area (Å²) in [5.74, 6) is 0.230. The van der Waals surface area contributed by atoms with E-state index < -0.39 is 0 Å². The Morgan fingerprint density at radius 1 is 1.67 bits per heavy atom. The molecule has 1 aliphatic rings. The van der Waals surface area contributed by atoms with Gasteiger partial charge in [-0.15, -0.1) is 0 Å². The summed E-state index contributed by atoms with van der Waals surface area (Å²) in [6.45, 7) is 5.63. The number of alkyl halides is 1. The van der Waals surface area contributed by atoms with E-state index >= 15 is 0 Å². The molecule has 1 aliphatic heterocycles. The molecule has 1 heterocycles. The number of nitrogens with one attached hydrogen (secondary N) is 1. The van der Waals surface area contributed by atoms with Crippen molar-refractivity contribution in [2.24, 2.45) is 5.92 Å². The zero-order valence-corrected chi connectivity index (χ0v) is 11.0. The molecule has 0 radical (unpaired) electrons. The molecular formula is C11H20BrNO2. The Morgan fingerprint density at radius 2 is 2.40 bits per heavy atom. The van der Waals surface area contributed by atoms with Crippen molar-refractivity contribution < 1.29 is 9.53 Å². The Labute approximate surface area is 100 Å². The van der Waals surface area contributed by atoms with Crippen LogP contribution in [0.25, 0.3) is 0 Å². The van der Waals surface area contributed by atoms with Crippen molar-refractivity contribution in [1.82, 2.24) is 5.32 Å². The van der Waals surface area contributed by atoms with Crippen LogP contribution in [0.1, 0.15) is 33.1 Å². The lowest BCUT2D eigenvalue weighted by Gasteiger charge is -2.16. The van der Waals surface area contributed by atoms with E-state index in [1.165, 1.54) is 0 Å². The number of carbonyl (C=O) groups excluding carboxylic acids is 1. The summed E-state index contributed by atoms with van der Waals surface area (Å²) in [6.07, 6.45) is 2.89. The van der Waals surface area contributed by atoms with Gasteiger partial charge in [0.2, 0.25) is 5.91 Å². The quantitative estimate of drug-likeness (QED) is 0.782. The first kappa shape index (κ1) is 13.0. The van der Waals surface area contributed by atoms with E-state index in [9.17, 15) is 4.79 Å². The molecule has 1 rings (SSSR count). The van der Waals surface area contributed by atoms with Crippen molar-refractivity contribution in [3.63, 3.8) is 0 Å². The third kappa shape index (κ3) is 4.11. The summed E-state index contributed by atoms with van der Waals surface area (Å²) in [5, 5.41) is 2.97. The molecule has 1 saturated heterocycles. The van der Waals surface area contributed by atoms with Crippen LogP contribution in [0.4, 0.5) is 0 Å². The van der Waals surface area contributed by atoms with Crippen LogP contribution in [-0.2, 0) is 9.53 Å². The smallest absolute Gasteiger partial charge is 0.225 e. The maximum atomic E-state index is 11.8. The van der Waals surface area contributed by atoms with Crippen molar-refractivity contribution in [1.29, 1.82) is 0 Å². The van der Waals surface area contributed by atoms with Crippen LogP contribution in [-0.4, -0.2) is 30.0 Å². The second-order valence-corrected chi connectivity index (χ2v) is 5.64. The highest BCUT2D eigenvalue weighted by atomic mass is 79.9. The first-order valence-corrected chi connectivity index (χ1v) is 6.60. The predicted molar refractivity (Wildman–Crippen MR) is 64.2 cm³/mol. The summed E-state index contributed by atoms with van der Waals surface area (Å²) in [6, 6.07) is 0. The van der Waals surface area contributed by atoms with E-state index in [4.69, 9.17) is 4.74 Å². The Morgan fingerprint density at radius 3 is 3.00 bits per heavy atom. The van der Waals surface area contributed by atoms with Gasteiger partial charge in [0, 0.05) is 18.0 Å². The van der Waals surface area contributed by atoms with Gasteiger partial charge in [0.05, 0.1) is 12.0 Å². The molecule has 0 spiro atoms. The van der Waals surface area contributed by atoms with Gasteiger partial charge in [-0.1, -0.05) is 29.8 Å². The van der Waals surface area contributed by atoms with Crippen molar-refractivity contribution in [2.75, 3.05) is 13.2 Å². The van der Waals surface area contributed by atoms with Gasteiger partial charge in [0.25, 0.3) is 0 Å². The van der Waals surface area contributed by atoms with Crippen LogP contribution < -0.4 is 5.32 Å². The van der Waals surface area contributed by atoms with Crippen molar-refractivity contribution in [3.8, 4) is 0 Å². The van der Waals surface area contributed by atoms with Gasteiger partial charge in [0.15, 0.2) is 0 Å². The van der Waals surface area contributed by atoms with Crippen LogP contribution in [0, 0.1) is 5.92 Å². The molecule has 1 amide bonds. The van der Waals surface area contributed by atoms with E-state index in [1.54, 1.807) is 0 Å². The molecule has 1 fully saturated rings. The van der Waals surface area contributed by atoms with Gasteiger partial charge in [-0.2, -0.15) is 0 Å². The highest BCUT2D eigenvalue weighted by Gasteiger charge is 2.32. The largest absolute Gasteiger partial charge is 0.377 e. The SMILES string of the molecule is CCC1OCCC1C(=O)NCCC(C)Br. The zero-order chi connectivity index (χ0) is 11.3. The third-order valence-corrected chi connectivity index (χ3v) is 3.25. The van der Waals surface area contributed by atoms with E-state index in [2.05, 4.69) is 35.1 Å². The molecule has 4 heteroatoms. The molecule has 3 unspecified atom stereocenters. The number of ether oxygens (including phenoxy) is 1. The monoisotopic (exact) mass is 277 g/mol. The molecule has 0 aromatic carbocycles. The van der Waals surface area contributed by atoms with Gasteiger partial charge in [0.1, 0.15) is 0 Å². The number of amides is 1. The first-order chi connectivity index (χ1) is 7.15. The highest BCUT2D eigenvalue weighted by molar-refractivity contribution is 9.09. The summed E-state index contributed by atoms with van der Waals surface area (Å²) < 4.78 is 5.49. The average molecular weight is 278 g/mol. The topological polar surface area (TPSA) is 38.3 Å². The Kier molecular flexibility index (Phi) is 5.61. The standard InChI is InChI=1S/C11H20BrNO2/c1-3-10-9(5-7-15-10)11(14)13-6-4-8(2)12/h8-10H,3-7H2,1-2H3,(H,13,14). The number of halogens is 1. The van der Waals surface area contributed by atoms with Crippen LogP contribution in [0.2, 0.25) is 0 Å². The van der Waals surface area contributed by atoms with Gasteiger partial charge < -0.3 is 10.1 Å². The lowest BCUT2D eigenvalue weighted by molar-refractivity contribution is -0.126.